The molecule has 0 aliphatic carbocycles. The predicted molar refractivity (Wildman–Crippen MR) is 96.2 cm³/mol. The van der Waals surface area contributed by atoms with Gasteiger partial charge in [0.05, 0.1) is 21.3 Å². The van der Waals surface area contributed by atoms with Gasteiger partial charge in [0.2, 0.25) is 0 Å². The molecule has 0 fully saturated rings. The molecule has 3 nitrogen and oxygen atoms in total. The van der Waals surface area contributed by atoms with E-state index in [0.717, 1.165) is 11.6 Å². The van der Waals surface area contributed by atoms with Gasteiger partial charge in [0.15, 0.2) is 0 Å². The van der Waals surface area contributed by atoms with Crippen molar-refractivity contribution in [3.63, 3.8) is 0 Å². The number of halogens is 5. The zero-order valence-electron chi connectivity index (χ0n) is 13.2. The number of nitrogens with zero attached hydrogens (tertiary/aromatic N) is 2. The molecule has 8 heteroatoms. The van der Waals surface area contributed by atoms with Gasteiger partial charge in [-0.1, -0.05) is 41.4 Å². The maximum atomic E-state index is 13.4. The molecule has 1 aliphatic heterocycles. The van der Waals surface area contributed by atoms with E-state index in [0.29, 0.717) is 40.1 Å². The van der Waals surface area contributed by atoms with Gasteiger partial charge in [-0.3, -0.25) is 0 Å². The van der Waals surface area contributed by atoms with Crippen LogP contribution < -0.4 is 5.32 Å². The largest absolute Gasteiger partial charge is 0.418 e. The lowest BCUT2D eigenvalue weighted by Crippen LogP contribution is -2.13. The number of fused-ring (bicyclic) bond motifs is 1. The fourth-order valence-electron chi connectivity index (χ4n) is 3.17. The SMILES string of the molecule is FC(F)(F)c1ccccc1-n1nc(-c2c(Cl)cccc2Cl)c2c1NCC2. The summed E-state index contributed by atoms with van der Waals surface area (Å²) in [5.41, 5.74) is 1.03. The molecule has 0 saturated carbocycles. The topological polar surface area (TPSA) is 29.9 Å². The molecule has 2 aromatic carbocycles. The summed E-state index contributed by atoms with van der Waals surface area (Å²) in [6.45, 7) is 0.608. The van der Waals surface area contributed by atoms with E-state index in [1.54, 1.807) is 24.3 Å². The summed E-state index contributed by atoms with van der Waals surface area (Å²) in [7, 11) is 0. The van der Waals surface area contributed by atoms with E-state index < -0.39 is 11.7 Å². The van der Waals surface area contributed by atoms with E-state index >= 15 is 0 Å². The van der Waals surface area contributed by atoms with E-state index in [1.807, 2.05) is 0 Å². The molecule has 2 heterocycles. The zero-order chi connectivity index (χ0) is 18.5. The number of anilines is 1. The number of benzene rings is 2. The Labute approximate surface area is 157 Å². The number of para-hydroxylation sites is 1. The highest BCUT2D eigenvalue weighted by Gasteiger charge is 2.36. The van der Waals surface area contributed by atoms with Gasteiger partial charge in [0.25, 0.3) is 0 Å². The van der Waals surface area contributed by atoms with Gasteiger partial charge in [-0.15, -0.1) is 0 Å². The van der Waals surface area contributed by atoms with Crippen LogP contribution in [-0.4, -0.2) is 16.3 Å². The smallest absolute Gasteiger partial charge is 0.369 e. The fourth-order valence-corrected chi connectivity index (χ4v) is 3.75. The normalized spacial score (nSPS) is 13.6. The van der Waals surface area contributed by atoms with Gasteiger partial charge >= 0.3 is 6.18 Å². The highest BCUT2D eigenvalue weighted by Crippen LogP contribution is 2.42. The quantitative estimate of drug-likeness (QED) is 0.589. The molecule has 1 aromatic heterocycles. The maximum absolute atomic E-state index is 13.4. The second-order valence-corrected chi connectivity index (χ2v) is 6.69. The van der Waals surface area contributed by atoms with Crippen LogP contribution in [0, 0.1) is 0 Å². The van der Waals surface area contributed by atoms with Crippen molar-refractivity contribution in [2.24, 2.45) is 0 Å². The first-order valence-electron chi connectivity index (χ1n) is 7.84. The average Bonchev–Trinajstić information content (AvgIpc) is 3.17. The van der Waals surface area contributed by atoms with Crippen molar-refractivity contribution >= 4 is 29.0 Å². The molecule has 0 atom stereocenters. The van der Waals surface area contributed by atoms with Crippen molar-refractivity contribution in [2.75, 3.05) is 11.9 Å². The summed E-state index contributed by atoms with van der Waals surface area (Å²) in [5, 5.41) is 8.38. The summed E-state index contributed by atoms with van der Waals surface area (Å²) in [4.78, 5) is 0. The number of hydrogen-bond donors (Lipinski definition) is 1. The predicted octanol–water partition coefficient (Wildman–Crippen LogP) is 5.83. The molecule has 1 N–H and O–H groups in total. The summed E-state index contributed by atoms with van der Waals surface area (Å²) in [6.07, 6.45) is -3.86. The number of rotatable bonds is 2. The van der Waals surface area contributed by atoms with Crippen LogP contribution in [0.2, 0.25) is 10.0 Å². The molecular weight excluding hydrogens is 386 g/mol. The minimum absolute atomic E-state index is 0.0416. The number of nitrogens with one attached hydrogen (secondary N) is 1. The summed E-state index contributed by atoms with van der Waals surface area (Å²) < 4.78 is 41.6. The Bertz CT molecular complexity index is 976. The van der Waals surface area contributed by atoms with Crippen LogP contribution in [0.1, 0.15) is 11.1 Å². The highest BCUT2D eigenvalue weighted by molar-refractivity contribution is 6.39. The summed E-state index contributed by atoms with van der Waals surface area (Å²) in [6, 6.07) is 10.4. The Morgan fingerprint density at radius 3 is 2.38 bits per heavy atom. The number of aromatic nitrogens is 2. The molecule has 0 radical (unpaired) electrons. The summed E-state index contributed by atoms with van der Waals surface area (Å²) in [5.74, 6) is 0.535. The molecule has 134 valence electrons. The summed E-state index contributed by atoms with van der Waals surface area (Å²) >= 11 is 12.6. The maximum Gasteiger partial charge on any atom is 0.418 e. The average molecular weight is 398 g/mol. The minimum atomic E-state index is -4.49. The van der Waals surface area contributed by atoms with Crippen molar-refractivity contribution in [1.82, 2.24) is 9.78 Å². The second kappa shape index (κ2) is 6.21. The van der Waals surface area contributed by atoms with Gasteiger partial charge in [0, 0.05) is 17.7 Å². The van der Waals surface area contributed by atoms with E-state index in [1.165, 1.54) is 16.8 Å². The second-order valence-electron chi connectivity index (χ2n) is 5.88. The van der Waals surface area contributed by atoms with E-state index in [2.05, 4.69) is 10.4 Å². The third-order valence-corrected chi connectivity index (χ3v) is 4.92. The van der Waals surface area contributed by atoms with Crippen LogP contribution in [0.25, 0.3) is 16.9 Å². The molecule has 4 rings (SSSR count). The van der Waals surface area contributed by atoms with Crippen LogP contribution in [-0.2, 0) is 12.6 Å². The minimum Gasteiger partial charge on any atom is -0.369 e. The first kappa shape index (κ1) is 17.2. The van der Waals surface area contributed by atoms with E-state index in [9.17, 15) is 13.2 Å². The first-order valence-corrected chi connectivity index (χ1v) is 8.60. The third kappa shape index (κ3) is 2.73. The van der Waals surface area contributed by atoms with Crippen molar-refractivity contribution in [3.05, 3.63) is 63.6 Å². The third-order valence-electron chi connectivity index (χ3n) is 4.29. The fraction of sp³-hybridized carbons (Fsp3) is 0.167. The van der Waals surface area contributed by atoms with Crippen molar-refractivity contribution in [1.29, 1.82) is 0 Å². The highest BCUT2D eigenvalue weighted by atomic mass is 35.5. The first-order chi connectivity index (χ1) is 12.4. The Hall–Kier alpha value is -2.18. The Morgan fingerprint density at radius 2 is 1.69 bits per heavy atom. The standard InChI is InChI=1S/C18H12Cl2F3N3/c19-12-5-3-6-13(20)15(12)16-10-8-9-24-17(10)26(25-16)14-7-2-1-4-11(14)18(21,22)23/h1-7,24H,8-9H2. The molecule has 1 aliphatic rings. The Kier molecular flexibility index (Phi) is 4.12. The van der Waals surface area contributed by atoms with Gasteiger partial charge in [-0.25, -0.2) is 4.68 Å². The zero-order valence-corrected chi connectivity index (χ0v) is 14.8. The van der Waals surface area contributed by atoms with Crippen LogP contribution in [0.5, 0.6) is 0 Å². The van der Waals surface area contributed by atoms with Gasteiger partial charge in [-0.2, -0.15) is 18.3 Å². The van der Waals surface area contributed by atoms with Gasteiger partial charge < -0.3 is 5.32 Å². The molecule has 3 aromatic rings. The van der Waals surface area contributed by atoms with Crippen molar-refractivity contribution < 1.29 is 13.2 Å². The van der Waals surface area contributed by atoms with Gasteiger partial charge in [-0.05, 0) is 30.7 Å². The lowest BCUT2D eigenvalue weighted by molar-refractivity contribution is -0.137. The lowest BCUT2D eigenvalue weighted by atomic mass is 10.1. The van der Waals surface area contributed by atoms with Crippen LogP contribution in [0.3, 0.4) is 0 Å². The van der Waals surface area contributed by atoms with Crippen LogP contribution in [0.15, 0.2) is 42.5 Å². The number of alkyl halides is 3. The Morgan fingerprint density at radius 1 is 1.00 bits per heavy atom. The van der Waals surface area contributed by atoms with Gasteiger partial charge in [0.1, 0.15) is 11.5 Å². The van der Waals surface area contributed by atoms with Crippen molar-refractivity contribution in [3.8, 4) is 16.9 Å². The van der Waals surface area contributed by atoms with Crippen molar-refractivity contribution in [2.45, 2.75) is 12.6 Å². The van der Waals surface area contributed by atoms with E-state index in [-0.39, 0.29) is 5.69 Å². The lowest BCUT2D eigenvalue weighted by Gasteiger charge is -2.14. The monoisotopic (exact) mass is 397 g/mol. The molecule has 0 unspecified atom stereocenters. The van der Waals surface area contributed by atoms with E-state index in [4.69, 9.17) is 23.2 Å². The molecule has 26 heavy (non-hydrogen) atoms. The van der Waals surface area contributed by atoms with Crippen LogP contribution in [0.4, 0.5) is 19.0 Å². The molecule has 0 bridgehead atoms. The Balaban J connectivity index is 1.98. The molecule has 0 spiro atoms. The molecular formula is C18H12Cl2F3N3. The number of hydrogen-bond acceptors (Lipinski definition) is 2. The van der Waals surface area contributed by atoms with Crippen LogP contribution >= 0.6 is 23.2 Å². The molecule has 0 amide bonds. The molecule has 0 saturated heterocycles.